The zero-order valence-electron chi connectivity index (χ0n) is 24.8. The van der Waals surface area contributed by atoms with E-state index in [4.69, 9.17) is 24.1 Å². The van der Waals surface area contributed by atoms with E-state index in [1.807, 2.05) is 84.9 Å². The summed E-state index contributed by atoms with van der Waals surface area (Å²) in [6.45, 7) is 0. The highest BCUT2D eigenvalue weighted by molar-refractivity contribution is 7.26. The molecule has 0 aliphatic carbocycles. The number of thiophene rings is 1. The molecule has 0 amide bonds. The quantitative estimate of drug-likeness (QED) is 0.210. The van der Waals surface area contributed by atoms with Crippen molar-refractivity contribution in [2.24, 2.45) is 0 Å². The van der Waals surface area contributed by atoms with Gasteiger partial charge in [0.25, 0.3) is 0 Å². The zero-order valence-corrected chi connectivity index (χ0v) is 25.7. The van der Waals surface area contributed by atoms with Crippen molar-refractivity contribution in [2.45, 2.75) is 6.23 Å². The first-order valence-corrected chi connectivity index (χ1v) is 16.3. The largest absolute Gasteiger partial charge is 0.464 e. The maximum absolute atomic E-state index is 6.35. The Labute approximate surface area is 273 Å². The highest BCUT2D eigenvalue weighted by Gasteiger charge is 2.26. The Balaban J connectivity index is 1.16. The summed E-state index contributed by atoms with van der Waals surface area (Å²) in [5.41, 5.74) is 6.61. The molecule has 9 aromatic rings. The molecule has 0 saturated heterocycles. The Morgan fingerprint density at radius 3 is 2.13 bits per heavy atom. The summed E-state index contributed by atoms with van der Waals surface area (Å²) in [6.07, 6.45) is -0.269. The molecule has 1 N–H and O–H groups in total. The molecule has 6 aromatic carbocycles. The number of para-hydroxylation sites is 3. The van der Waals surface area contributed by atoms with E-state index in [0.29, 0.717) is 17.5 Å². The topological polar surface area (TPSA) is 73.1 Å². The molecule has 10 rings (SSSR count). The van der Waals surface area contributed by atoms with Crippen molar-refractivity contribution in [2.75, 3.05) is 5.32 Å². The fraction of sp³-hybridized carbons (Fsp3) is 0.0250. The lowest BCUT2D eigenvalue weighted by Gasteiger charge is -2.12. The molecule has 0 radical (unpaired) electrons. The van der Waals surface area contributed by atoms with Crippen LogP contribution < -0.4 is 10.1 Å². The summed E-state index contributed by atoms with van der Waals surface area (Å²) in [6, 6.07) is 45.2. The first kappa shape index (κ1) is 26.2. The van der Waals surface area contributed by atoms with Crippen LogP contribution in [0.3, 0.4) is 0 Å². The minimum atomic E-state index is -0.269. The van der Waals surface area contributed by atoms with Gasteiger partial charge < -0.3 is 14.5 Å². The average Bonchev–Trinajstić information content (AvgIpc) is 3.85. The number of nitrogens with one attached hydrogen (secondary N) is 1. The van der Waals surface area contributed by atoms with Gasteiger partial charge >= 0.3 is 0 Å². The van der Waals surface area contributed by atoms with Crippen LogP contribution in [0.4, 0.5) is 5.69 Å². The molecule has 222 valence electrons. The first-order chi connectivity index (χ1) is 23.3. The molecule has 0 spiro atoms. The second-order valence-electron chi connectivity index (χ2n) is 11.6. The smallest absolute Gasteiger partial charge is 0.198 e. The minimum Gasteiger partial charge on any atom is -0.464 e. The Kier molecular flexibility index (Phi) is 5.70. The Morgan fingerprint density at radius 1 is 0.532 bits per heavy atom. The Bertz CT molecular complexity index is 2640. The van der Waals surface area contributed by atoms with Crippen LogP contribution in [0, 0.1) is 0 Å². The van der Waals surface area contributed by atoms with Gasteiger partial charge in [0.2, 0.25) is 0 Å². The number of benzene rings is 6. The van der Waals surface area contributed by atoms with Gasteiger partial charge in [-0.1, -0.05) is 91.0 Å². The van der Waals surface area contributed by atoms with Crippen LogP contribution in [0.15, 0.2) is 138 Å². The predicted octanol–water partition coefficient (Wildman–Crippen LogP) is 10.6. The normalized spacial score (nSPS) is 14.1. The average molecular weight is 625 g/mol. The Hall–Kier alpha value is -6.05. The molecule has 1 aliphatic heterocycles. The summed E-state index contributed by atoms with van der Waals surface area (Å²) in [7, 11) is 0. The molecule has 0 bridgehead atoms. The first-order valence-electron chi connectivity index (χ1n) is 15.5. The lowest BCUT2D eigenvalue weighted by atomic mass is 10.1. The van der Waals surface area contributed by atoms with E-state index >= 15 is 0 Å². The van der Waals surface area contributed by atoms with E-state index in [-0.39, 0.29) is 6.23 Å². The van der Waals surface area contributed by atoms with E-state index in [2.05, 4.69) is 53.8 Å². The van der Waals surface area contributed by atoms with Crippen molar-refractivity contribution in [3.8, 4) is 39.9 Å². The number of ether oxygens (including phenoxy) is 1. The molecule has 6 nitrogen and oxygen atoms in total. The number of anilines is 1. The van der Waals surface area contributed by atoms with Crippen LogP contribution in [0.5, 0.6) is 5.75 Å². The minimum absolute atomic E-state index is 0.269. The third-order valence-corrected chi connectivity index (χ3v) is 10.1. The number of hydrogen-bond donors (Lipinski definition) is 1. The van der Waals surface area contributed by atoms with E-state index in [9.17, 15) is 0 Å². The SMILES string of the molecule is c1ccc(-c2nc(-c3ccc4oc5ccccc5c4c3)nc(-c3cccc4c3sc3c(C5Nc6ccccc6O5)cccc34)n2)cc1. The molecule has 3 aromatic heterocycles. The summed E-state index contributed by atoms with van der Waals surface area (Å²) in [4.78, 5) is 15.2. The third-order valence-electron chi connectivity index (χ3n) is 8.80. The third kappa shape index (κ3) is 4.21. The van der Waals surface area contributed by atoms with Crippen molar-refractivity contribution >= 4 is 59.1 Å². The maximum Gasteiger partial charge on any atom is 0.198 e. The monoisotopic (exact) mass is 624 g/mol. The van der Waals surface area contributed by atoms with Crippen molar-refractivity contribution in [1.82, 2.24) is 15.0 Å². The Morgan fingerprint density at radius 2 is 1.23 bits per heavy atom. The summed E-state index contributed by atoms with van der Waals surface area (Å²) in [5, 5.41) is 7.99. The molecular weight excluding hydrogens is 601 g/mol. The predicted molar refractivity (Wildman–Crippen MR) is 190 cm³/mol. The van der Waals surface area contributed by atoms with E-state index in [0.717, 1.165) is 65.7 Å². The number of nitrogens with zero attached hydrogens (tertiary/aromatic N) is 3. The molecule has 1 atom stereocenters. The molecule has 47 heavy (non-hydrogen) atoms. The summed E-state index contributed by atoms with van der Waals surface area (Å²) < 4.78 is 14.8. The molecule has 4 heterocycles. The second kappa shape index (κ2) is 10.2. The van der Waals surface area contributed by atoms with Crippen molar-refractivity contribution < 1.29 is 9.15 Å². The number of aromatic nitrogens is 3. The van der Waals surface area contributed by atoms with Gasteiger partial charge in [0, 0.05) is 53.2 Å². The fourth-order valence-electron chi connectivity index (χ4n) is 6.56. The van der Waals surface area contributed by atoms with Gasteiger partial charge in [-0.25, -0.2) is 15.0 Å². The number of fused-ring (bicyclic) bond motifs is 7. The maximum atomic E-state index is 6.35. The van der Waals surface area contributed by atoms with Gasteiger partial charge in [-0.2, -0.15) is 0 Å². The van der Waals surface area contributed by atoms with Gasteiger partial charge in [0.15, 0.2) is 23.7 Å². The lowest BCUT2D eigenvalue weighted by molar-refractivity contribution is 0.261. The van der Waals surface area contributed by atoms with Crippen LogP contribution >= 0.6 is 11.3 Å². The van der Waals surface area contributed by atoms with Crippen molar-refractivity contribution in [3.63, 3.8) is 0 Å². The number of hydrogen-bond acceptors (Lipinski definition) is 7. The van der Waals surface area contributed by atoms with Gasteiger partial charge in [-0.15, -0.1) is 11.3 Å². The molecule has 7 heteroatoms. The second-order valence-corrected chi connectivity index (χ2v) is 12.6. The molecule has 1 unspecified atom stereocenters. The van der Waals surface area contributed by atoms with E-state index < -0.39 is 0 Å². The van der Waals surface area contributed by atoms with Crippen LogP contribution in [0.2, 0.25) is 0 Å². The van der Waals surface area contributed by atoms with Crippen LogP contribution in [-0.4, -0.2) is 15.0 Å². The van der Waals surface area contributed by atoms with Gasteiger partial charge in [0.1, 0.15) is 16.9 Å². The van der Waals surface area contributed by atoms with Crippen molar-refractivity contribution in [3.05, 3.63) is 139 Å². The molecule has 0 saturated carbocycles. The van der Waals surface area contributed by atoms with Crippen LogP contribution in [0.25, 0.3) is 76.3 Å². The van der Waals surface area contributed by atoms with Gasteiger partial charge in [-0.3, -0.25) is 0 Å². The summed E-state index contributed by atoms with van der Waals surface area (Å²) >= 11 is 1.75. The van der Waals surface area contributed by atoms with Gasteiger partial charge in [0.05, 0.1) is 5.69 Å². The highest BCUT2D eigenvalue weighted by Crippen LogP contribution is 2.45. The van der Waals surface area contributed by atoms with E-state index in [1.54, 1.807) is 11.3 Å². The highest BCUT2D eigenvalue weighted by atomic mass is 32.1. The zero-order chi connectivity index (χ0) is 30.9. The number of furan rings is 1. The van der Waals surface area contributed by atoms with Crippen LogP contribution in [-0.2, 0) is 0 Å². The molecule has 0 fully saturated rings. The summed E-state index contributed by atoms with van der Waals surface area (Å²) in [5.74, 6) is 2.74. The van der Waals surface area contributed by atoms with Crippen molar-refractivity contribution in [1.29, 1.82) is 0 Å². The standard InChI is InChI=1S/C40H24N4O2S/c1-2-10-23(11-3-1)37-42-38(24-20-21-33-30(22-24)25-12-4-6-18-32(25)45-33)44-39(43-37)28-15-8-13-26-27-14-9-16-29(36(27)47-35(26)28)40-41-31-17-5-7-19-34(31)46-40/h1-22,40-41H. The lowest BCUT2D eigenvalue weighted by Crippen LogP contribution is -2.10. The fourth-order valence-corrected chi connectivity index (χ4v) is 7.90. The van der Waals surface area contributed by atoms with Gasteiger partial charge in [-0.05, 0) is 42.5 Å². The number of rotatable bonds is 4. The molecule has 1 aliphatic rings. The van der Waals surface area contributed by atoms with E-state index in [1.165, 1.54) is 10.1 Å². The van der Waals surface area contributed by atoms with Crippen LogP contribution in [0.1, 0.15) is 11.8 Å². The molecular formula is C40H24N4O2S.